The highest BCUT2D eigenvalue weighted by Gasteiger charge is 2.21. The van der Waals surface area contributed by atoms with Gasteiger partial charge in [-0.15, -0.1) is 0 Å². The number of rotatable bonds is 6. The first-order valence-electron chi connectivity index (χ1n) is 14.4. The van der Waals surface area contributed by atoms with Crippen LogP contribution in [0, 0.1) is 5.92 Å². The van der Waals surface area contributed by atoms with Crippen molar-refractivity contribution in [3.05, 3.63) is 43.0 Å². The Morgan fingerprint density at radius 1 is 0.975 bits per heavy atom. The van der Waals surface area contributed by atoms with Crippen LogP contribution in [0.2, 0.25) is 0 Å². The first-order chi connectivity index (χ1) is 19.7. The number of anilines is 2. The fourth-order valence-corrected chi connectivity index (χ4v) is 6.14. The number of carbonyl (C=O) groups is 1. The second kappa shape index (κ2) is 10.7. The van der Waals surface area contributed by atoms with Gasteiger partial charge >= 0.3 is 0 Å². The average molecular weight is 536 g/mol. The first-order valence-corrected chi connectivity index (χ1v) is 14.4. The minimum atomic E-state index is 0.0506. The van der Waals surface area contributed by atoms with Gasteiger partial charge in [0, 0.05) is 42.9 Å². The van der Waals surface area contributed by atoms with E-state index < -0.39 is 0 Å². The Morgan fingerprint density at radius 2 is 1.82 bits per heavy atom. The normalized spacial score (nSPS) is 16.6. The van der Waals surface area contributed by atoms with Gasteiger partial charge in [-0.3, -0.25) is 19.9 Å². The Bertz CT molecular complexity index is 1660. The average Bonchev–Trinajstić information content (AvgIpc) is 3.62. The van der Waals surface area contributed by atoms with Crippen molar-refractivity contribution in [2.75, 3.05) is 23.3 Å². The van der Waals surface area contributed by atoms with Gasteiger partial charge in [0.05, 0.1) is 34.8 Å². The van der Waals surface area contributed by atoms with Crippen LogP contribution < -0.4 is 10.2 Å². The Hall–Kier alpha value is -4.34. The Morgan fingerprint density at radius 3 is 2.70 bits per heavy atom. The molecule has 1 saturated carbocycles. The molecule has 6 heterocycles. The lowest BCUT2D eigenvalue weighted by atomic mass is 9.87. The van der Waals surface area contributed by atoms with Crippen molar-refractivity contribution >= 4 is 39.3 Å². The van der Waals surface area contributed by atoms with Crippen LogP contribution in [0.5, 0.6) is 0 Å². The number of fused-ring (bicyclic) bond motifs is 2. The smallest absolute Gasteiger partial charge is 0.224 e. The van der Waals surface area contributed by atoms with E-state index in [0.29, 0.717) is 23.9 Å². The monoisotopic (exact) mass is 535 g/mol. The molecule has 5 aromatic heterocycles. The van der Waals surface area contributed by atoms with Gasteiger partial charge in [0.25, 0.3) is 0 Å². The van der Waals surface area contributed by atoms with Gasteiger partial charge in [-0.05, 0) is 56.2 Å². The van der Waals surface area contributed by atoms with E-state index in [1.54, 1.807) is 18.6 Å². The molecule has 0 atom stereocenters. The summed E-state index contributed by atoms with van der Waals surface area (Å²) in [6, 6.07) is 5.88. The van der Waals surface area contributed by atoms with Crippen molar-refractivity contribution in [2.24, 2.45) is 5.92 Å². The third-order valence-corrected chi connectivity index (χ3v) is 8.23. The summed E-state index contributed by atoms with van der Waals surface area (Å²) in [6.07, 6.45) is 17.3. The highest BCUT2D eigenvalue weighted by molar-refractivity contribution is 5.96. The molecule has 0 radical (unpaired) electrons. The maximum atomic E-state index is 12.7. The SMILES string of the molecule is O=C(CC1CCCCC1)Nc1cncc(-c2cc3c(-c4nc5c(N6CCCCC6)nccc5[nH]4)n[nH]c3cn2)c1. The molecule has 2 fully saturated rings. The minimum Gasteiger partial charge on any atom is -0.355 e. The van der Waals surface area contributed by atoms with Gasteiger partial charge < -0.3 is 15.2 Å². The Balaban J connectivity index is 1.17. The summed E-state index contributed by atoms with van der Waals surface area (Å²) in [7, 11) is 0. The van der Waals surface area contributed by atoms with E-state index >= 15 is 0 Å². The maximum Gasteiger partial charge on any atom is 0.224 e. The number of nitrogens with one attached hydrogen (secondary N) is 3. The third-order valence-electron chi connectivity index (χ3n) is 8.23. The first kappa shape index (κ1) is 24.7. The summed E-state index contributed by atoms with van der Waals surface area (Å²) >= 11 is 0. The van der Waals surface area contributed by atoms with Gasteiger partial charge in [0.1, 0.15) is 11.2 Å². The van der Waals surface area contributed by atoms with E-state index in [0.717, 1.165) is 70.6 Å². The number of nitrogens with zero attached hydrogens (tertiary/aromatic N) is 6. The summed E-state index contributed by atoms with van der Waals surface area (Å²) in [5.41, 5.74) is 5.61. The van der Waals surface area contributed by atoms with Crippen LogP contribution in [0.15, 0.2) is 43.0 Å². The van der Waals surface area contributed by atoms with Gasteiger partial charge in [0.15, 0.2) is 11.6 Å². The number of imidazole rings is 1. The van der Waals surface area contributed by atoms with E-state index in [4.69, 9.17) is 4.98 Å². The van der Waals surface area contributed by atoms with Crippen molar-refractivity contribution in [1.29, 1.82) is 0 Å². The molecule has 0 spiro atoms. The third kappa shape index (κ3) is 4.89. The Kier molecular flexibility index (Phi) is 6.59. The zero-order valence-electron chi connectivity index (χ0n) is 22.5. The molecule has 0 bridgehead atoms. The second-order valence-corrected chi connectivity index (χ2v) is 11.1. The fourth-order valence-electron chi connectivity index (χ4n) is 6.14. The second-order valence-electron chi connectivity index (χ2n) is 11.1. The van der Waals surface area contributed by atoms with E-state index in [9.17, 15) is 4.79 Å². The number of aromatic amines is 2. The molecule has 40 heavy (non-hydrogen) atoms. The minimum absolute atomic E-state index is 0.0506. The molecule has 1 saturated heterocycles. The quantitative estimate of drug-likeness (QED) is 0.248. The molecule has 0 aromatic carbocycles. The standard InChI is InChI=1S/C30H33N9O/c40-26(13-19-7-3-1-4-8-19)34-21-14-20(16-31-17-21)24-15-22-25(18-33-24)37-38-27(22)29-35-23-9-10-32-30(28(23)36-29)39-11-5-2-6-12-39/h9-10,14-19H,1-8,11-13H2,(H,34,40)(H,35,36)(H,37,38). The van der Waals surface area contributed by atoms with E-state index in [-0.39, 0.29) is 5.91 Å². The largest absolute Gasteiger partial charge is 0.355 e. The van der Waals surface area contributed by atoms with Crippen LogP contribution in [0.25, 0.3) is 44.7 Å². The maximum absolute atomic E-state index is 12.7. The lowest BCUT2D eigenvalue weighted by Crippen LogP contribution is -2.30. The van der Waals surface area contributed by atoms with E-state index in [2.05, 4.69) is 40.3 Å². The van der Waals surface area contributed by atoms with Crippen LogP contribution in [0.4, 0.5) is 11.5 Å². The number of pyridine rings is 3. The van der Waals surface area contributed by atoms with Gasteiger partial charge in [-0.1, -0.05) is 19.3 Å². The molecule has 2 aliphatic rings. The predicted octanol–water partition coefficient (Wildman–Crippen LogP) is 5.86. The molecule has 10 nitrogen and oxygen atoms in total. The molecular formula is C30H33N9O. The van der Waals surface area contributed by atoms with Crippen molar-refractivity contribution in [1.82, 2.24) is 35.1 Å². The summed E-state index contributed by atoms with van der Waals surface area (Å²) < 4.78 is 0. The molecule has 1 amide bonds. The zero-order valence-corrected chi connectivity index (χ0v) is 22.5. The molecule has 10 heteroatoms. The summed E-state index contributed by atoms with van der Waals surface area (Å²) in [6.45, 7) is 2.01. The molecule has 7 rings (SSSR count). The summed E-state index contributed by atoms with van der Waals surface area (Å²) in [5, 5.41) is 11.6. The molecular weight excluding hydrogens is 502 g/mol. The number of hydrogen-bond acceptors (Lipinski definition) is 7. The zero-order chi connectivity index (χ0) is 26.9. The summed E-state index contributed by atoms with van der Waals surface area (Å²) in [4.78, 5) is 37.1. The molecule has 5 aromatic rings. The number of piperidine rings is 1. The van der Waals surface area contributed by atoms with E-state index in [1.165, 1.54) is 38.5 Å². The van der Waals surface area contributed by atoms with Gasteiger partial charge in [-0.25, -0.2) is 9.97 Å². The van der Waals surface area contributed by atoms with Crippen LogP contribution in [-0.2, 0) is 4.79 Å². The molecule has 0 unspecified atom stereocenters. The van der Waals surface area contributed by atoms with Crippen molar-refractivity contribution < 1.29 is 4.79 Å². The fraction of sp³-hybridized carbons (Fsp3) is 0.400. The highest BCUT2D eigenvalue weighted by atomic mass is 16.1. The van der Waals surface area contributed by atoms with Crippen LogP contribution in [-0.4, -0.2) is 54.1 Å². The van der Waals surface area contributed by atoms with Crippen molar-refractivity contribution in [2.45, 2.75) is 57.8 Å². The van der Waals surface area contributed by atoms with Crippen LogP contribution in [0.1, 0.15) is 57.8 Å². The van der Waals surface area contributed by atoms with Gasteiger partial charge in [-0.2, -0.15) is 5.10 Å². The number of carbonyl (C=O) groups excluding carboxylic acids is 1. The molecule has 1 aliphatic carbocycles. The van der Waals surface area contributed by atoms with Crippen molar-refractivity contribution in [3.63, 3.8) is 0 Å². The number of hydrogen-bond donors (Lipinski definition) is 3. The molecule has 204 valence electrons. The van der Waals surface area contributed by atoms with Crippen LogP contribution in [0.3, 0.4) is 0 Å². The van der Waals surface area contributed by atoms with E-state index in [1.807, 2.05) is 24.4 Å². The lowest BCUT2D eigenvalue weighted by Gasteiger charge is -2.27. The lowest BCUT2D eigenvalue weighted by molar-refractivity contribution is -0.117. The Labute approximate surface area is 232 Å². The highest BCUT2D eigenvalue weighted by Crippen LogP contribution is 2.32. The molecule has 1 aliphatic heterocycles. The van der Waals surface area contributed by atoms with Gasteiger partial charge in [0.2, 0.25) is 5.91 Å². The number of amides is 1. The predicted molar refractivity (Wildman–Crippen MR) is 156 cm³/mol. The number of aromatic nitrogens is 7. The number of H-pyrrole nitrogens is 2. The van der Waals surface area contributed by atoms with Crippen LogP contribution >= 0.6 is 0 Å². The molecule has 3 N–H and O–H groups in total. The topological polar surface area (TPSA) is 128 Å². The van der Waals surface area contributed by atoms with Crippen molar-refractivity contribution in [3.8, 4) is 22.8 Å². The summed E-state index contributed by atoms with van der Waals surface area (Å²) in [5.74, 6) is 2.15.